The highest BCUT2D eigenvalue weighted by Crippen LogP contribution is 2.21. The van der Waals surface area contributed by atoms with Crippen molar-refractivity contribution in [2.45, 2.75) is 4.90 Å². The Balaban J connectivity index is 1.77. The fraction of sp³-hybridized carbons (Fsp3) is 0.133. The second-order valence-electron chi connectivity index (χ2n) is 3.79. The van der Waals surface area contributed by atoms with Gasteiger partial charge in [-0.3, -0.25) is 0 Å². The first-order chi connectivity index (χ1) is 9.28. The maximum Gasteiger partial charge on any atom is 0.120 e. The Labute approximate surface area is 125 Å². The van der Waals surface area contributed by atoms with Crippen molar-refractivity contribution < 1.29 is 4.74 Å². The molecule has 0 fully saturated rings. The predicted octanol–water partition coefficient (Wildman–Crippen LogP) is 4.49. The van der Waals surface area contributed by atoms with E-state index in [9.17, 15) is 0 Å². The zero-order valence-electron chi connectivity index (χ0n) is 10.2. The Morgan fingerprint density at radius 3 is 2.68 bits per heavy atom. The zero-order chi connectivity index (χ0) is 13.5. The molecule has 0 heterocycles. The molecule has 0 saturated heterocycles. The molecule has 0 unspecified atom stereocenters. The minimum Gasteiger partial charge on any atom is -0.493 e. The SMILES string of the molecule is N#Cc1cccc(OCCSc2ccc(Br)cc2)c1. The number of thioether (sulfide) groups is 1. The summed E-state index contributed by atoms with van der Waals surface area (Å²) >= 11 is 5.16. The molecule has 0 saturated carbocycles. The Kier molecular flexibility index (Phi) is 5.31. The standard InChI is InChI=1S/C15H12BrNOS/c16-13-4-6-15(7-5-13)19-9-8-18-14-3-1-2-12(10-14)11-17/h1-7,10H,8-9H2. The van der Waals surface area contributed by atoms with Crippen LogP contribution in [0.5, 0.6) is 5.75 Å². The average molecular weight is 334 g/mol. The van der Waals surface area contributed by atoms with Crippen molar-refractivity contribution in [2.75, 3.05) is 12.4 Å². The van der Waals surface area contributed by atoms with E-state index < -0.39 is 0 Å². The van der Waals surface area contributed by atoms with E-state index in [1.54, 1.807) is 23.9 Å². The van der Waals surface area contributed by atoms with Crippen LogP contribution in [0, 0.1) is 11.3 Å². The second-order valence-corrected chi connectivity index (χ2v) is 5.87. The van der Waals surface area contributed by atoms with Gasteiger partial charge in [0, 0.05) is 15.1 Å². The van der Waals surface area contributed by atoms with Gasteiger partial charge in [-0.05, 0) is 42.5 Å². The van der Waals surface area contributed by atoms with Gasteiger partial charge >= 0.3 is 0 Å². The summed E-state index contributed by atoms with van der Waals surface area (Å²) in [6, 6.07) is 17.5. The van der Waals surface area contributed by atoms with E-state index in [2.05, 4.69) is 34.1 Å². The normalized spacial score (nSPS) is 9.89. The van der Waals surface area contributed by atoms with Crippen LogP contribution in [0.2, 0.25) is 0 Å². The summed E-state index contributed by atoms with van der Waals surface area (Å²) in [6.07, 6.45) is 0. The molecule has 0 bridgehead atoms. The lowest BCUT2D eigenvalue weighted by atomic mass is 10.2. The number of hydrogen-bond acceptors (Lipinski definition) is 3. The first kappa shape index (κ1) is 14.0. The molecular formula is C15H12BrNOS. The van der Waals surface area contributed by atoms with Gasteiger partial charge in [0.25, 0.3) is 0 Å². The van der Waals surface area contributed by atoms with Crippen molar-refractivity contribution in [3.05, 3.63) is 58.6 Å². The van der Waals surface area contributed by atoms with Crippen molar-refractivity contribution in [1.82, 2.24) is 0 Å². The number of benzene rings is 2. The molecule has 0 aliphatic rings. The van der Waals surface area contributed by atoms with Gasteiger partial charge < -0.3 is 4.74 Å². The summed E-state index contributed by atoms with van der Waals surface area (Å²) in [5.74, 6) is 1.62. The maximum absolute atomic E-state index is 8.79. The molecule has 2 nitrogen and oxygen atoms in total. The molecule has 19 heavy (non-hydrogen) atoms. The topological polar surface area (TPSA) is 33.0 Å². The molecule has 0 N–H and O–H groups in total. The van der Waals surface area contributed by atoms with Gasteiger partial charge in [-0.2, -0.15) is 5.26 Å². The minimum atomic E-state index is 0.621. The molecule has 0 atom stereocenters. The first-order valence-electron chi connectivity index (χ1n) is 5.79. The van der Waals surface area contributed by atoms with Gasteiger partial charge in [0.15, 0.2) is 0 Å². The lowest BCUT2D eigenvalue weighted by molar-refractivity contribution is 0.344. The molecule has 2 aromatic carbocycles. The van der Waals surface area contributed by atoms with E-state index in [0.29, 0.717) is 12.2 Å². The number of nitriles is 1. The van der Waals surface area contributed by atoms with E-state index in [1.807, 2.05) is 24.3 Å². The highest BCUT2D eigenvalue weighted by atomic mass is 79.9. The third-order valence-corrected chi connectivity index (χ3v) is 3.90. The van der Waals surface area contributed by atoms with E-state index in [4.69, 9.17) is 10.00 Å². The first-order valence-corrected chi connectivity index (χ1v) is 7.57. The van der Waals surface area contributed by atoms with E-state index in [1.165, 1.54) is 4.90 Å². The lowest BCUT2D eigenvalue weighted by Gasteiger charge is -2.06. The number of nitrogens with zero attached hydrogens (tertiary/aromatic N) is 1. The van der Waals surface area contributed by atoms with Crippen LogP contribution in [0.15, 0.2) is 57.9 Å². The molecule has 96 valence electrons. The molecular weight excluding hydrogens is 322 g/mol. The summed E-state index contributed by atoms with van der Waals surface area (Å²) < 4.78 is 6.70. The van der Waals surface area contributed by atoms with Crippen LogP contribution in [-0.4, -0.2) is 12.4 Å². The molecule has 0 amide bonds. The van der Waals surface area contributed by atoms with Crippen molar-refractivity contribution in [2.24, 2.45) is 0 Å². The van der Waals surface area contributed by atoms with Crippen molar-refractivity contribution in [1.29, 1.82) is 5.26 Å². The molecule has 0 aliphatic heterocycles. The molecule has 0 aromatic heterocycles. The molecule has 0 radical (unpaired) electrons. The van der Waals surface area contributed by atoms with Crippen LogP contribution in [0.1, 0.15) is 5.56 Å². The molecule has 2 rings (SSSR count). The van der Waals surface area contributed by atoms with Gasteiger partial charge in [0.1, 0.15) is 5.75 Å². The highest BCUT2D eigenvalue weighted by molar-refractivity contribution is 9.10. The predicted molar refractivity (Wildman–Crippen MR) is 81.5 cm³/mol. The largest absolute Gasteiger partial charge is 0.493 e. The summed E-state index contributed by atoms with van der Waals surface area (Å²) in [4.78, 5) is 1.22. The van der Waals surface area contributed by atoms with Crippen LogP contribution in [0.25, 0.3) is 0 Å². The van der Waals surface area contributed by atoms with E-state index in [-0.39, 0.29) is 0 Å². The summed E-state index contributed by atoms with van der Waals surface area (Å²) in [7, 11) is 0. The van der Waals surface area contributed by atoms with Crippen molar-refractivity contribution in [3.63, 3.8) is 0 Å². The fourth-order valence-corrected chi connectivity index (χ4v) is 2.50. The van der Waals surface area contributed by atoms with Crippen LogP contribution < -0.4 is 4.74 Å². The number of rotatable bonds is 5. The van der Waals surface area contributed by atoms with Crippen LogP contribution in [-0.2, 0) is 0 Å². The summed E-state index contributed by atoms with van der Waals surface area (Å²) in [5.41, 5.74) is 0.623. The van der Waals surface area contributed by atoms with Crippen molar-refractivity contribution in [3.8, 4) is 11.8 Å². The third kappa shape index (κ3) is 4.62. The molecule has 2 aromatic rings. The van der Waals surface area contributed by atoms with E-state index in [0.717, 1.165) is 16.0 Å². The lowest BCUT2D eigenvalue weighted by Crippen LogP contribution is -2.00. The number of halogens is 1. The number of hydrogen-bond donors (Lipinski definition) is 0. The average Bonchev–Trinajstić information content (AvgIpc) is 2.46. The maximum atomic E-state index is 8.79. The molecule has 0 spiro atoms. The van der Waals surface area contributed by atoms with Gasteiger partial charge in [0.2, 0.25) is 0 Å². The third-order valence-electron chi connectivity index (χ3n) is 2.40. The van der Waals surface area contributed by atoms with Crippen molar-refractivity contribution >= 4 is 27.7 Å². The van der Waals surface area contributed by atoms with Gasteiger partial charge in [-0.25, -0.2) is 0 Å². The minimum absolute atomic E-state index is 0.621. The highest BCUT2D eigenvalue weighted by Gasteiger charge is 1.97. The zero-order valence-corrected chi connectivity index (χ0v) is 12.6. The Bertz CT molecular complexity index is 577. The Morgan fingerprint density at radius 2 is 1.95 bits per heavy atom. The monoisotopic (exact) mass is 333 g/mol. The second kappa shape index (κ2) is 7.22. The summed E-state index contributed by atoms with van der Waals surface area (Å²) in [5, 5.41) is 8.79. The van der Waals surface area contributed by atoms with Crippen LogP contribution in [0.3, 0.4) is 0 Å². The quantitative estimate of drug-likeness (QED) is 0.596. The Morgan fingerprint density at radius 1 is 1.16 bits per heavy atom. The van der Waals surface area contributed by atoms with E-state index >= 15 is 0 Å². The van der Waals surface area contributed by atoms with Crippen LogP contribution in [0.4, 0.5) is 0 Å². The Hall–Kier alpha value is -1.44. The van der Waals surface area contributed by atoms with Crippen LogP contribution >= 0.6 is 27.7 Å². The molecule has 4 heteroatoms. The smallest absolute Gasteiger partial charge is 0.120 e. The van der Waals surface area contributed by atoms with Gasteiger partial charge in [0.05, 0.1) is 18.2 Å². The fourth-order valence-electron chi connectivity index (χ4n) is 1.51. The molecule has 0 aliphatic carbocycles. The van der Waals surface area contributed by atoms with Gasteiger partial charge in [-0.15, -0.1) is 11.8 Å². The number of ether oxygens (including phenoxy) is 1. The van der Waals surface area contributed by atoms with Gasteiger partial charge in [-0.1, -0.05) is 22.0 Å². The summed E-state index contributed by atoms with van der Waals surface area (Å²) in [6.45, 7) is 0.621.